The average Bonchev–Trinajstić information content (AvgIpc) is 3.11. The van der Waals surface area contributed by atoms with Crippen LogP contribution >= 0.6 is 0 Å². The summed E-state index contributed by atoms with van der Waals surface area (Å²) in [6.07, 6.45) is 2.06. The molecule has 1 N–H and O–H groups in total. The van der Waals surface area contributed by atoms with E-state index in [1.165, 1.54) is 11.8 Å². The van der Waals surface area contributed by atoms with Gasteiger partial charge in [-0.25, -0.2) is 9.48 Å². The third-order valence-corrected chi connectivity index (χ3v) is 3.33. The SMILES string of the molecule is COC(=O)c1nnn(C(C)C(=O)NC2CC2)c1C(C)C. The molecule has 20 heavy (non-hydrogen) atoms. The lowest BCUT2D eigenvalue weighted by Gasteiger charge is -2.16. The fraction of sp³-hybridized carbons (Fsp3) is 0.692. The Labute approximate surface area is 117 Å². The average molecular weight is 280 g/mol. The highest BCUT2D eigenvalue weighted by molar-refractivity contribution is 5.88. The van der Waals surface area contributed by atoms with Crippen LogP contribution in [0.5, 0.6) is 0 Å². The minimum Gasteiger partial charge on any atom is -0.464 e. The maximum absolute atomic E-state index is 12.1. The van der Waals surface area contributed by atoms with E-state index in [1.54, 1.807) is 6.92 Å². The zero-order valence-electron chi connectivity index (χ0n) is 12.2. The third kappa shape index (κ3) is 2.81. The molecule has 110 valence electrons. The molecule has 0 bridgehead atoms. The summed E-state index contributed by atoms with van der Waals surface area (Å²) in [5.74, 6) is -0.624. The van der Waals surface area contributed by atoms with Gasteiger partial charge < -0.3 is 10.1 Å². The van der Waals surface area contributed by atoms with Gasteiger partial charge in [0.15, 0.2) is 5.69 Å². The Hall–Kier alpha value is -1.92. The number of methoxy groups -OCH3 is 1. The first kappa shape index (κ1) is 14.5. The normalized spacial score (nSPS) is 16.1. The fourth-order valence-corrected chi connectivity index (χ4v) is 2.03. The lowest BCUT2D eigenvalue weighted by atomic mass is 10.1. The number of carbonyl (C=O) groups excluding carboxylic acids is 2. The van der Waals surface area contributed by atoms with Crippen molar-refractivity contribution < 1.29 is 14.3 Å². The van der Waals surface area contributed by atoms with Gasteiger partial charge in [-0.05, 0) is 25.7 Å². The van der Waals surface area contributed by atoms with Gasteiger partial charge >= 0.3 is 5.97 Å². The van der Waals surface area contributed by atoms with E-state index in [-0.39, 0.29) is 23.6 Å². The van der Waals surface area contributed by atoms with Crippen LogP contribution in [-0.2, 0) is 9.53 Å². The molecule has 1 aliphatic carbocycles. The Balaban J connectivity index is 2.27. The quantitative estimate of drug-likeness (QED) is 0.814. The molecule has 2 rings (SSSR count). The number of rotatable bonds is 5. The van der Waals surface area contributed by atoms with Crippen LogP contribution in [0.15, 0.2) is 0 Å². The van der Waals surface area contributed by atoms with Crippen LogP contribution in [0.25, 0.3) is 0 Å². The van der Waals surface area contributed by atoms with Gasteiger partial charge in [-0.2, -0.15) is 0 Å². The largest absolute Gasteiger partial charge is 0.464 e. The van der Waals surface area contributed by atoms with Crippen molar-refractivity contribution in [3.8, 4) is 0 Å². The molecular formula is C13H20N4O3. The topological polar surface area (TPSA) is 86.1 Å². The van der Waals surface area contributed by atoms with Crippen LogP contribution in [0.3, 0.4) is 0 Å². The standard InChI is InChI=1S/C13H20N4O3/c1-7(2)11-10(13(19)20-4)15-16-17(11)8(3)12(18)14-9-5-6-9/h7-9H,5-6H2,1-4H3,(H,14,18). The van der Waals surface area contributed by atoms with E-state index in [9.17, 15) is 9.59 Å². The first-order valence-corrected chi connectivity index (χ1v) is 6.79. The number of carbonyl (C=O) groups is 2. The van der Waals surface area contributed by atoms with E-state index in [4.69, 9.17) is 4.74 Å². The molecule has 0 saturated heterocycles. The second-order valence-corrected chi connectivity index (χ2v) is 5.37. The van der Waals surface area contributed by atoms with E-state index in [0.29, 0.717) is 5.69 Å². The van der Waals surface area contributed by atoms with Crippen LogP contribution in [-0.4, -0.2) is 40.0 Å². The highest BCUT2D eigenvalue weighted by Gasteiger charge is 2.30. The molecule has 1 aliphatic rings. The second kappa shape index (κ2) is 5.60. The van der Waals surface area contributed by atoms with Crippen LogP contribution in [0.4, 0.5) is 0 Å². The van der Waals surface area contributed by atoms with Gasteiger partial charge in [-0.1, -0.05) is 19.1 Å². The summed E-state index contributed by atoms with van der Waals surface area (Å²) in [6.45, 7) is 5.60. The predicted octanol–water partition coefficient (Wildman–Crippen LogP) is 1.03. The zero-order chi connectivity index (χ0) is 14.9. The summed E-state index contributed by atoms with van der Waals surface area (Å²) in [4.78, 5) is 23.8. The van der Waals surface area contributed by atoms with Crippen molar-refractivity contribution in [1.82, 2.24) is 20.3 Å². The highest BCUT2D eigenvalue weighted by Crippen LogP contribution is 2.23. The van der Waals surface area contributed by atoms with Gasteiger partial charge in [0, 0.05) is 6.04 Å². The molecule has 7 heteroatoms. The Morgan fingerprint density at radius 2 is 2.00 bits per heavy atom. The molecule has 1 aromatic rings. The van der Waals surface area contributed by atoms with Gasteiger partial charge in [0.1, 0.15) is 6.04 Å². The van der Waals surface area contributed by atoms with E-state index < -0.39 is 12.0 Å². The first-order chi connectivity index (χ1) is 9.45. The van der Waals surface area contributed by atoms with Crippen molar-refractivity contribution in [2.45, 2.75) is 51.6 Å². The summed E-state index contributed by atoms with van der Waals surface area (Å²) < 4.78 is 6.21. The molecule has 1 saturated carbocycles. The Morgan fingerprint density at radius 1 is 1.35 bits per heavy atom. The fourth-order valence-electron chi connectivity index (χ4n) is 2.03. The lowest BCUT2D eigenvalue weighted by Crippen LogP contribution is -2.33. The molecule has 0 aromatic carbocycles. The molecular weight excluding hydrogens is 260 g/mol. The zero-order valence-corrected chi connectivity index (χ0v) is 12.2. The van der Waals surface area contributed by atoms with E-state index in [2.05, 4.69) is 15.6 Å². The minimum absolute atomic E-state index is 0.00951. The Morgan fingerprint density at radius 3 is 2.50 bits per heavy atom. The van der Waals surface area contributed by atoms with Gasteiger partial charge in [-0.3, -0.25) is 4.79 Å². The molecule has 1 aromatic heterocycles. The number of aromatic nitrogens is 3. The number of hydrogen-bond donors (Lipinski definition) is 1. The second-order valence-electron chi connectivity index (χ2n) is 5.37. The number of nitrogens with zero attached hydrogens (tertiary/aromatic N) is 3. The Kier molecular flexibility index (Phi) is 4.06. The van der Waals surface area contributed by atoms with Crippen molar-refractivity contribution in [2.75, 3.05) is 7.11 Å². The van der Waals surface area contributed by atoms with Gasteiger partial charge in [-0.15, -0.1) is 5.10 Å². The van der Waals surface area contributed by atoms with Crippen molar-refractivity contribution in [3.63, 3.8) is 0 Å². The molecule has 1 atom stereocenters. The van der Waals surface area contributed by atoms with Gasteiger partial charge in [0.05, 0.1) is 12.8 Å². The van der Waals surface area contributed by atoms with Crippen LogP contribution in [0.1, 0.15) is 61.8 Å². The van der Waals surface area contributed by atoms with Crippen LogP contribution < -0.4 is 5.32 Å². The molecule has 1 amide bonds. The molecule has 1 unspecified atom stereocenters. The molecule has 0 aliphatic heterocycles. The summed E-state index contributed by atoms with van der Waals surface area (Å²) in [5.41, 5.74) is 0.795. The van der Waals surface area contributed by atoms with Crippen molar-refractivity contribution >= 4 is 11.9 Å². The molecule has 1 heterocycles. The summed E-state index contributed by atoms with van der Waals surface area (Å²) >= 11 is 0. The lowest BCUT2D eigenvalue weighted by molar-refractivity contribution is -0.124. The summed E-state index contributed by atoms with van der Waals surface area (Å²) in [6, 6.07) is -0.213. The van der Waals surface area contributed by atoms with Gasteiger partial charge in [0.2, 0.25) is 5.91 Å². The molecule has 1 fully saturated rings. The van der Waals surface area contributed by atoms with E-state index in [1.807, 2.05) is 13.8 Å². The van der Waals surface area contributed by atoms with Crippen molar-refractivity contribution in [3.05, 3.63) is 11.4 Å². The summed E-state index contributed by atoms with van der Waals surface area (Å²) in [5, 5.41) is 10.8. The number of esters is 1. The third-order valence-electron chi connectivity index (χ3n) is 3.33. The number of nitrogens with one attached hydrogen (secondary N) is 1. The molecule has 7 nitrogen and oxygen atoms in total. The van der Waals surface area contributed by atoms with Crippen LogP contribution in [0, 0.1) is 0 Å². The van der Waals surface area contributed by atoms with Crippen molar-refractivity contribution in [2.24, 2.45) is 0 Å². The van der Waals surface area contributed by atoms with E-state index >= 15 is 0 Å². The minimum atomic E-state index is -0.533. The molecule has 0 spiro atoms. The number of amides is 1. The number of hydrogen-bond acceptors (Lipinski definition) is 5. The van der Waals surface area contributed by atoms with Crippen molar-refractivity contribution in [1.29, 1.82) is 0 Å². The highest BCUT2D eigenvalue weighted by atomic mass is 16.5. The first-order valence-electron chi connectivity index (χ1n) is 6.79. The smallest absolute Gasteiger partial charge is 0.360 e. The van der Waals surface area contributed by atoms with E-state index in [0.717, 1.165) is 12.8 Å². The monoisotopic (exact) mass is 280 g/mol. The van der Waals surface area contributed by atoms with Crippen LogP contribution in [0.2, 0.25) is 0 Å². The maximum atomic E-state index is 12.1. The summed E-state index contributed by atoms with van der Waals surface area (Å²) in [7, 11) is 1.30. The molecule has 0 radical (unpaired) electrons. The number of ether oxygens (including phenoxy) is 1. The predicted molar refractivity (Wildman–Crippen MR) is 71.3 cm³/mol. The van der Waals surface area contributed by atoms with Gasteiger partial charge in [0.25, 0.3) is 0 Å². The Bertz CT molecular complexity index is 520. The maximum Gasteiger partial charge on any atom is 0.360 e.